The van der Waals surface area contributed by atoms with Crippen molar-refractivity contribution in [3.8, 4) is 11.8 Å². The van der Waals surface area contributed by atoms with Crippen LogP contribution in [0.5, 0.6) is 0 Å². The highest BCUT2D eigenvalue weighted by atomic mass is 16.2. The summed E-state index contributed by atoms with van der Waals surface area (Å²) in [6.07, 6.45) is 5.79. The minimum Gasteiger partial charge on any atom is -0.395 e. The van der Waals surface area contributed by atoms with Gasteiger partial charge in [0.25, 0.3) is 5.91 Å². The van der Waals surface area contributed by atoms with E-state index in [-0.39, 0.29) is 12.5 Å². The van der Waals surface area contributed by atoms with Gasteiger partial charge in [0.1, 0.15) is 5.69 Å². The van der Waals surface area contributed by atoms with Crippen LogP contribution in [0.25, 0.3) is 0 Å². The molecule has 1 aromatic rings. The van der Waals surface area contributed by atoms with Gasteiger partial charge in [0.05, 0.1) is 6.61 Å². The Morgan fingerprint density at radius 2 is 2.30 bits per heavy atom. The van der Waals surface area contributed by atoms with Crippen molar-refractivity contribution < 1.29 is 9.90 Å². The molecule has 0 atom stereocenters. The molecule has 1 saturated carbocycles. The van der Waals surface area contributed by atoms with Crippen LogP contribution in [0, 0.1) is 17.8 Å². The standard InChI is InChI=1S/C16H20N2O2/c1-18(12-14-6-4-7-14)16(20)15-9-8-13(11-17-15)5-2-3-10-19/h8-9,11,14,19H,3-4,6-7,10,12H2,1H3. The Hall–Kier alpha value is -1.86. The smallest absolute Gasteiger partial charge is 0.272 e. The van der Waals surface area contributed by atoms with Crippen LogP contribution >= 0.6 is 0 Å². The van der Waals surface area contributed by atoms with Gasteiger partial charge >= 0.3 is 0 Å². The number of aliphatic hydroxyl groups excluding tert-OH is 1. The zero-order valence-electron chi connectivity index (χ0n) is 11.8. The van der Waals surface area contributed by atoms with Gasteiger partial charge in [0, 0.05) is 31.8 Å². The molecule has 1 fully saturated rings. The number of nitrogens with zero attached hydrogens (tertiary/aromatic N) is 2. The second kappa shape index (κ2) is 7.06. The van der Waals surface area contributed by atoms with Crippen LogP contribution in [0.4, 0.5) is 0 Å². The quantitative estimate of drug-likeness (QED) is 0.849. The molecule has 0 saturated heterocycles. The number of pyridine rings is 1. The van der Waals surface area contributed by atoms with Gasteiger partial charge in [-0.3, -0.25) is 4.79 Å². The number of carbonyl (C=O) groups excluding carboxylic acids is 1. The van der Waals surface area contributed by atoms with E-state index in [0.29, 0.717) is 18.0 Å². The van der Waals surface area contributed by atoms with Gasteiger partial charge in [-0.2, -0.15) is 0 Å². The van der Waals surface area contributed by atoms with E-state index < -0.39 is 0 Å². The summed E-state index contributed by atoms with van der Waals surface area (Å²) < 4.78 is 0. The lowest BCUT2D eigenvalue weighted by Gasteiger charge is -2.29. The first kappa shape index (κ1) is 14.5. The average Bonchev–Trinajstić information content (AvgIpc) is 2.43. The molecule has 1 aliphatic rings. The van der Waals surface area contributed by atoms with Crippen molar-refractivity contribution in [1.82, 2.24) is 9.88 Å². The van der Waals surface area contributed by atoms with Crippen LogP contribution in [-0.4, -0.2) is 41.1 Å². The van der Waals surface area contributed by atoms with E-state index in [1.807, 2.05) is 7.05 Å². The zero-order valence-corrected chi connectivity index (χ0v) is 11.8. The van der Waals surface area contributed by atoms with Crippen molar-refractivity contribution in [2.24, 2.45) is 5.92 Å². The number of aliphatic hydroxyl groups is 1. The van der Waals surface area contributed by atoms with E-state index >= 15 is 0 Å². The number of aromatic nitrogens is 1. The summed E-state index contributed by atoms with van der Waals surface area (Å²) in [5.41, 5.74) is 1.22. The predicted octanol–water partition coefficient (Wildman–Crippen LogP) is 1.69. The molecule has 0 radical (unpaired) electrons. The molecule has 106 valence electrons. The summed E-state index contributed by atoms with van der Waals surface area (Å²) in [5, 5.41) is 8.65. The Morgan fingerprint density at radius 3 is 2.85 bits per heavy atom. The second-order valence-corrected chi connectivity index (χ2v) is 5.19. The first-order valence-corrected chi connectivity index (χ1v) is 7.02. The maximum Gasteiger partial charge on any atom is 0.272 e. The van der Waals surface area contributed by atoms with Crippen LogP contribution in [0.2, 0.25) is 0 Å². The van der Waals surface area contributed by atoms with Crippen LogP contribution in [0.3, 0.4) is 0 Å². The largest absolute Gasteiger partial charge is 0.395 e. The highest BCUT2D eigenvalue weighted by molar-refractivity contribution is 5.92. The topological polar surface area (TPSA) is 53.4 Å². The fourth-order valence-electron chi connectivity index (χ4n) is 2.16. The summed E-state index contributed by atoms with van der Waals surface area (Å²) in [6, 6.07) is 3.50. The molecule has 4 heteroatoms. The number of amides is 1. The Labute approximate surface area is 119 Å². The summed E-state index contributed by atoms with van der Waals surface area (Å²) in [4.78, 5) is 18.1. The van der Waals surface area contributed by atoms with E-state index in [1.54, 1.807) is 23.2 Å². The van der Waals surface area contributed by atoms with Crippen molar-refractivity contribution in [3.63, 3.8) is 0 Å². The molecule has 1 aliphatic carbocycles. The van der Waals surface area contributed by atoms with Crippen LogP contribution < -0.4 is 0 Å². The third-order valence-corrected chi connectivity index (χ3v) is 3.56. The zero-order chi connectivity index (χ0) is 14.4. The van der Waals surface area contributed by atoms with Crippen molar-refractivity contribution in [3.05, 3.63) is 29.6 Å². The third kappa shape index (κ3) is 3.82. The fraction of sp³-hybridized carbons (Fsp3) is 0.500. The Balaban J connectivity index is 1.94. The highest BCUT2D eigenvalue weighted by Gasteiger charge is 2.22. The molecule has 4 nitrogen and oxygen atoms in total. The van der Waals surface area contributed by atoms with E-state index in [1.165, 1.54) is 19.3 Å². The minimum atomic E-state index is -0.0354. The van der Waals surface area contributed by atoms with Gasteiger partial charge < -0.3 is 10.0 Å². The van der Waals surface area contributed by atoms with E-state index in [9.17, 15) is 4.79 Å². The lowest BCUT2D eigenvalue weighted by Crippen LogP contribution is -2.34. The molecule has 20 heavy (non-hydrogen) atoms. The molecule has 1 N–H and O–H groups in total. The van der Waals surface area contributed by atoms with Gasteiger partial charge in [-0.25, -0.2) is 4.98 Å². The molecule has 0 bridgehead atoms. The van der Waals surface area contributed by atoms with Crippen molar-refractivity contribution in [2.45, 2.75) is 25.7 Å². The SMILES string of the molecule is CN(CC1CCC1)C(=O)c1ccc(C#CCCO)cn1. The molecule has 1 amide bonds. The molecular weight excluding hydrogens is 252 g/mol. The average molecular weight is 272 g/mol. The van der Waals surface area contributed by atoms with Gasteiger partial charge in [-0.1, -0.05) is 18.3 Å². The van der Waals surface area contributed by atoms with E-state index in [2.05, 4.69) is 16.8 Å². The molecule has 0 aromatic carbocycles. The number of rotatable bonds is 4. The molecular formula is C16H20N2O2. The fourth-order valence-corrected chi connectivity index (χ4v) is 2.16. The molecule has 0 aliphatic heterocycles. The third-order valence-electron chi connectivity index (χ3n) is 3.56. The predicted molar refractivity (Wildman–Crippen MR) is 77.1 cm³/mol. The normalized spacial score (nSPS) is 14.1. The summed E-state index contributed by atoms with van der Waals surface area (Å²) in [7, 11) is 1.83. The molecule has 0 spiro atoms. The van der Waals surface area contributed by atoms with Crippen LogP contribution in [0.15, 0.2) is 18.3 Å². The molecule has 1 heterocycles. The van der Waals surface area contributed by atoms with Crippen LogP contribution in [0.1, 0.15) is 41.7 Å². The monoisotopic (exact) mass is 272 g/mol. The van der Waals surface area contributed by atoms with Crippen molar-refractivity contribution >= 4 is 5.91 Å². The Kier molecular flexibility index (Phi) is 5.14. The summed E-state index contributed by atoms with van der Waals surface area (Å²) in [6.45, 7) is 0.877. The van der Waals surface area contributed by atoms with Gasteiger partial charge in [-0.15, -0.1) is 0 Å². The van der Waals surface area contributed by atoms with Gasteiger partial charge in [-0.05, 0) is 30.9 Å². The maximum absolute atomic E-state index is 12.2. The second-order valence-electron chi connectivity index (χ2n) is 5.19. The minimum absolute atomic E-state index is 0.0354. The van der Waals surface area contributed by atoms with E-state index in [0.717, 1.165) is 12.1 Å². The maximum atomic E-state index is 12.2. The highest BCUT2D eigenvalue weighted by Crippen LogP contribution is 2.26. The van der Waals surface area contributed by atoms with Crippen molar-refractivity contribution in [1.29, 1.82) is 0 Å². The summed E-state index contributed by atoms with van der Waals surface area (Å²) in [5.74, 6) is 6.35. The lowest BCUT2D eigenvalue weighted by molar-refractivity contribution is 0.0739. The lowest BCUT2D eigenvalue weighted by atomic mass is 9.85. The number of hydrogen-bond acceptors (Lipinski definition) is 3. The molecule has 2 rings (SSSR count). The number of carbonyl (C=O) groups is 1. The molecule has 1 aromatic heterocycles. The summed E-state index contributed by atoms with van der Waals surface area (Å²) >= 11 is 0. The first-order valence-electron chi connectivity index (χ1n) is 7.02. The number of hydrogen-bond donors (Lipinski definition) is 1. The Bertz CT molecular complexity index is 510. The van der Waals surface area contributed by atoms with E-state index in [4.69, 9.17) is 5.11 Å². The van der Waals surface area contributed by atoms with Gasteiger partial charge in [0.15, 0.2) is 0 Å². The first-order chi connectivity index (χ1) is 9.70. The van der Waals surface area contributed by atoms with Crippen molar-refractivity contribution in [2.75, 3.05) is 20.2 Å². The molecule has 0 unspecified atom stereocenters. The van der Waals surface area contributed by atoms with Gasteiger partial charge in [0.2, 0.25) is 0 Å². The van der Waals surface area contributed by atoms with Crippen LogP contribution in [-0.2, 0) is 0 Å². The Morgan fingerprint density at radius 1 is 1.50 bits per heavy atom.